The van der Waals surface area contributed by atoms with Crippen molar-refractivity contribution in [1.82, 2.24) is 20.5 Å². The molecule has 340 valence electrons. The molecule has 2 amide bonds. The van der Waals surface area contributed by atoms with Gasteiger partial charge < -0.3 is 30.2 Å². The van der Waals surface area contributed by atoms with E-state index in [4.69, 9.17) is 19.9 Å². The van der Waals surface area contributed by atoms with Crippen molar-refractivity contribution < 1.29 is 28.7 Å². The van der Waals surface area contributed by atoms with Crippen LogP contribution in [-0.4, -0.2) is 84.1 Å². The second-order valence-corrected chi connectivity index (χ2v) is 24.1. The summed E-state index contributed by atoms with van der Waals surface area (Å²) in [6, 6.07) is 30.1. The molecule has 0 saturated heterocycles. The molecule has 0 spiro atoms. The van der Waals surface area contributed by atoms with Crippen molar-refractivity contribution >= 4 is 47.8 Å². The number of carbonyl (C=O) groups excluding carboxylic acids is 3. The summed E-state index contributed by atoms with van der Waals surface area (Å²) in [5.41, 5.74) is 6.11. The minimum absolute atomic E-state index is 0.00902. The van der Waals surface area contributed by atoms with E-state index in [2.05, 4.69) is 93.8 Å². The van der Waals surface area contributed by atoms with Gasteiger partial charge in [-0.15, -0.1) is 11.3 Å². The standard InChI is InChI=1S/C50H69N5O6SSi/c1-10-28-55(46(58)43(51)33(3)11-2)50(34(4)35(50)5)31-42(61-36(6)56)45-53-41(32-62-45)44(57)54-49(30-40(49)37-21-15-12-16-22-37)47(59)52-27-29-60-63(48(7,8)9,38-23-17-13-18-24-38)39-25-19-14-20-26-39/h12-26,32-35,40,42-43,47,52,59H,10-11,27-31,51H2,1-9H3,(H,54,57)/t33-,34?,35?,40-,42+,43-,47?,49+,50?/m0/s1. The number of aliphatic hydroxyl groups is 1. The molecule has 3 unspecified atom stereocenters. The molecule has 0 bridgehead atoms. The van der Waals surface area contributed by atoms with Crippen molar-refractivity contribution in [2.75, 3.05) is 19.7 Å². The first kappa shape index (κ1) is 48.2. The topological polar surface area (TPSA) is 156 Å². The van der Waals surface area contributed by atoms with Gasteiger partial charge in [-0.1, -0.05) is 153 Å². The predicted octanol–water partition coefficient (Wildman–Crippen LogP) is 6.91. The first-order chi connectivity index (χ1) is 30.0. The SMILES string of the molecule is CCCN(C(=O)[C@@H](N)[C@@H](C)CC)C1(C[C@@H](OC(C)=O)c2nc(C(=O)N[C@]3(C(O)NCCO[Si](c4ccccc4)(c4ccccc4)C(C)(C)C)C[C@H]3c3ccccc3)cs2)C(C)C1C. The number of aliphatic hydroxyl groups excluding tert-OH is 1. The average molecular weight is 896 g/mol. The van der Waals surface area contributed by atoms with Crippen LogP contribution in [0.1, 0.15) is 121 Å². The summed E-state index contributed by atoms with van der Waals surface area (Å²) < 4.78 is 13.1. The predicted molar refractivity (Wildman–Crippen MR) is 253 cm³/mol. The smallest absolute Gasteiger partial charge is 0.303 e. The molecule has 5 N–H and O–H groups in total. The number of ether oxygens (including phenoxy) is 1. The molecule has 2 saturated carbocycles. The fraction of sp³-hybridized carbons (Fsp3) is 0.520. The number of nitrogens with zero attached hydrogens (tertiary/aromatic N) is 2. The zero-order valence-electron chi connectivity index (χ0n) is 38.6. The number of nitrogens with one attached hydrogen (secondary N) is 2. The molecule has 3 aromatic carbocycles. The van der Waals surface area contributed by atoms with Crippen molar-refractivity contribution in [3.63, 3.8) is 0 Å². The number of hydrogen-bond acceptors (Lipinski definition) is 10. The number of aromatic nitrogens is 1. The molecule has 1 heterocycles. The maximum atomic E-state index is 14.3. The van der Waals surface area contributed by atoms with E-state index < -0.39 is 49.6 Å². The highest BCUT2D eigenvalue weighted by Gasteiger charge is 2.65. The molecular formula is C50H69N5O6SSi. The number of benzene rings is 3. The zero-order chi connectivity index (χ0) is 45.7. The van der Waals surface area contributed by atoms with Gasteiger partial charge in [0, 0.05) is 44.3 Å². The lowest BCUT2D eigenvalue weighted by Crippen LogP contribution is -2.67. The third-order valence-electron chi connectivity index (χ3n) is 14.0. The fourth-order valence-corrected chi connectivity index (χ4v) is 15.4. The molecule has 2 fully saturated rings. The number of rotatable bonds is 21. The van der Waals surface area contributed by atoms with Gasteiger partial charge >= 0.3 is 5.97 Å². The summed E-state index contributed by atoms with van der Waals surface area (Å²) in [4.78, 5) is 47.7. The molecule has 0 aliphatic heterocycles. The molecule has 0 radical (unpaired) electrons. The van der Waals surface area contributed by atoms with Gasteiger partial charge in [-0.3, -0.25) is 19.7 Å². The molecule has 13 heteroatoms. The van der Waals surface area contributed by atoms with Crippen LogP contribution in [0.5, 0.6) is 0 Å². The van der Waals surface area contributed by atoms with E-state index in [1.54, 1.807) is 5.38 Å². The molecule has 63 heavy (non-hydrogen) atoms. The summed E-state index contributed by atoms with van der Waals surface area (Å²) in [6.45, 7) is 19.6. The van der Waals surface area contributed by atoms with Gasteiger partial charge in [0.25, 0.3) is 14.2 Å². The number of hydrogen-bond donors (Lipinski definition) is 4. The fourth-order valence-electron chi connectivity index (χ4n) is 9.96. The number of thiazole rings is 1. The van der Waals surface area contributed by atoms with Gasteiger partial charge in [0.2, 0.25) is 5.91 Å². The molecule has 11 nitrogen and oxygen atoms in total. The first-order valence-corrected chi connectivity index (χ1v) is 25.5. The molecule has 2 aliphatic carbocycles. The lowest BCUT2D eigenvalue weighted by molar-refractivity contribution is -0.149. The maximum absolute atomic E-state index is 14.3. The highest BCUT2D eigenvalue weighted by Crippen LogP contribution is 2.59. The van der Waals surface area contributed by atoms with E-state index in [0.717, 1.165) is 18.4 Å². The van der Waals surface area contributed by atoms with Gasteiger partial charge in [0.05, 0.1) is 17.1 Å². The molecular weight excluding hydrogens is 827 g/mol. The summed E-state index contributed by atoms with van der Waals surface area (Å²) in [5.74, 6) is -0.889. The van der Waals surface area contributed by atoms with Crippen LogP contribution < -0.4 is 26.7 Å². The van der Waals surface area contributed by atoms with Crippen LogP contribution in [0.25, 0.3) is 0 Å². The third kappa shape index (κ3) is 9.74. The van der Waals surface area contributed by atoms with Crippen molar-refractivity contribution in [3.8, 4) is 0 Å². The Balaban J connectivity index is 1.22. The quantitative estimate of drug-likeness (QED) is 0.0302. The van der Waals surface area contributed by atoms with Crippen LogP contribution in [0.4, 0.5) is 0 Å². The van der Waals surface area contributed by atoms with Crippen LogP contribution in [0.3, 0.4) is 0 Å². The normalized spacial score (nSPS) is 23.8. The third-order valence-corrected chi connectivity index (χ3v) is 20.0. The van der Waals surface area contributed by atoms with Crippen molar-refractivity contribution in [1.29, 1.82) is 0 Å². The Morgan fingerprint density at radius 1 is 0.968 bits per heavy atom. The van der Waals surface area contributed by atoms with E-state index in [-0.39, 0.29) is 40.3 Å². The minimum atomic E-state index is -2.81. The van der Waals surface area contributed by atoms with Crippen LogP contribution in [0.2, 0.25) is 5.04 Å². The Kier molecular flexibility index (Phi) is 15.2. The molecule has 1 aromatic heterocycles. The van der Waals surface area contributed by atoms with E-state index in [1.807, 2.05) is 68.1 Å². The minimum Gasteiger partial charge on any atom is -0.455 e. The summed E-state index contributed by atoms with van der Waals surface area (Å²) in [7, 11) is -2.81. The zero-order valence-corrected chi connectivity index (χ0v) is 40.4. The van der Waals surface area contributed by atoms with Gasteiger partial charge in [0.1, 0.15) is 16.9 Å². The van der Waals surface area contributed by atoms with Crippen LogP contribution in [-0.2, 0) is 18.8 Å². The number of carbonyl (C=O) groups is 3. The summed E-state index contributed by atoms with van der Waals surface area (Å²) in [5, 5.41) is 22.8. The second kappa shape index (κ2) is 19.9. The van der Waals surface area contributed by atoms with Crippen molar-refractivity contribution in [2.45, 2.75) is 128 Å². The summed E-state index contributed by atoms with van der Waals surface area (Å²) in [6.07, 6.45) is 0.480. The van der Waals surface area contributed by atoms with E-state index in [1.165, 1.54) is 28.6 Å². The van der Waals surface area contributed by atoms with Crippen LogP contribution in [0.15, 0.2) is 96.4 Å². The van der Waals surface area contributed by atoms with Gasteiger partial charge in [-0.05, 0) is 51.6 Å². The second-order valence-electron chi connectivity index (χ2n) is 18.9. The van der Waals surface area contributed by atoms with E-state index in [0.29, 0.717) is 37.5 Å². The van der Waals surface area contributed by atoms with Gasteiger partial charge in [-0.2, -0.15) is 0 Å². The molecule has 4 aromatic rings. The first-order valence-electron chi connectivity index (χ1n) is 22.7. The summed E-state index contributed by atoms with van der Waals surface area (Å²) >= 11 is 1.25. The molecule has 2 aliphatic rings. The lowest BCUT2D eigenvalue weighted by atomic mass is 9.95. The molecule has 6 rings (SSSR count). The Labute approximate surface area is 379 Å². The Morgan fingerprint density at radius 3 is 2.05 bits per heavy atom. The monoisotopic (exact) mass is 895 g/mol. The van der Waals surface area contributed by atoms with Crippen LogP contribution >= 0.6 is 11.3 Å². The van der Waals surface area contributed by atoms with E-state index in [9.17, 15) is 19.5 Å². The number of amides is 2. The largest absolute Gasteiger partial charge is 0.455 e. The highest BCUT2D eigenvalue weighted by atomic mass is 32.1. The Bertz CT molecular complexity index is 2100. The van der Waals surface area contributed by atoms with Gasteiger partial charge in [-0.25, -0.2) is 4.98 Å². The van der Waals surface area contributed by atoms with Crippen molar-refractivity contribution in [2.24, 2.45) is 23.5 Å². The lowest BCUT2D eigenvalue weighted by Gasteiger charge is -2.43. The van der Waals surface area contributed by atoms with Gasteiger partial charge in [0.15, 0.2) is 6.10 Å². The van der Waals surface area contributed by atoms with E-state index >= 15 is 0 Å². The highest BCUT2D eigenvalue weighted by molar-refractivity contribution is 7.09. The van der Waals surface area contributed by atoms with Crippen molar-refractivity contribution in [3.05, 3.63) is 113 Å². The Morgan fingerprint density at radius 2 is 1.54 bits per heavy atom. The van der Waals surface area contributed by atoms with Crippen LogP contribution in [0, 0.1) is 17.8 Å². The Hall–Kier alpha value is -4.24. The maximum Gasteiger partial charge on any atom is 0.303 e. The molecule has 8 atom stereocenters. The number of nitrogens with two attached hydrogens (primary N) is 1. The number of esters is 1. The average Bonchev–Trinajstić information content (AvgIpc) is 4.01.